The Kier molecular flexibility index (Phi) is 4.75. The first kappa shape index (κ1) is 15.7. The minimum atomic E-state index is -3.26. The molecular formula is C12H15F2NO3S. The molecule has 0 spiro atoms. The van der Waals surface area contributed by atoms with Crippen molar-refractivity contribution in [2.75, 3.05) is 12.0 Å². The number of sulfone groups is 1. The van der Waals surface area contributed by atoms with Crippen LogP contribution in [-0.4, -0.2) is 32.3 Å². The zero-order valence-corrected chi connectivity index (χ0v) is 11.4. The molecule has 0 radical (unpaired) electrons. The number of hydrogen-bond acceptors (Lipinski definition) is 4. The topological polar surface area (TPSA) is 77.2 Å². The predicted molar refractivity (Wildman–Crippen MR) is 67.7 cm³/mol. The first-order chi connectivity index (χ1) is 8.63. The van der Waals surface area contributed by atoms with Crippen molar-refractivity contribution in [2.24, 2.45) is 5.73 Å². The number of rotatable bonds is 5. The summed E-state index contributed by atoms with van der Waals surface area (Å²) in [4.78, 5) is 11.8. The average Bonchev–Trinajstić information content (AvgIpc) is 2.31. The van der Waals surface area contributed by atoms with Gasteiger partial charge in [-0.3, -0.25) is 4.79 Å². The fraction of sp³-hybridized carbons (Fsp3) is 0.417. The summed E-state index contributed by atoms with van der Waals surface area (Å²) in [6.45, 7) is 1.37. The van der Waals surface area contributed by atoms with Crippen molar-refractivity contribution in [2.45, 2.75) is 19.4 Å². The summed E-state index contributed by atoms with van der Waals surface area (Å²) in [6.07, 6.45) is 0.878. The number of benzene rings is 1. The van der Waals surface area contributed by atoms with E-state index < -0.39 is 38.9 Å². The molecule has 1 rings (SSSR count). The molecule has 1 atom stereocenters. The van der Waals surface area contributed by atoms with Crippen molar-refractivity contribution in [1.29, 1.82) is 0 Å². The number of hydrogen-bond donors (Lipinski definition) is 1. The van der Waals surface area contributed by atoms with Crippen LogP contribution in [0.3, 0.4) is 0 Å². The number of carbonyl (C=O) groups is 1. The molecule has 0 saturated heterocycles. The largest absolute Gasteiger partial charge is 0.321 e. The van der Waals surface area contributed by atoms with Crippen LogP contribution in [-0.2, 0) is 9.84 Å². The minimum Gasteiger partial charge on any atom is -0.321 e. The Morgan fingerprint density at radius 2 is 1.89 bits per heavy atom. The van der Waals surface area contributed by atoms with Gasteiger partial charge in [0, 0.05) is 6.26 Å². The van der Waals surface area contributed by atoms with E-state index in [1.54, 1.807) is 0 Å². The SMILES string of the molecule is Cc1ccc(C(=O)C(N)CCS(C)(=O)=O)c(F)c1F. The van der Waals surface area contributed by atoms with Crippen molar-refractivity contribution in [3.05, 3.63) is 34.9 Å². The zero-order chi connectivity index (χ0) is 14.8. The van der Waals surface area contributed by atoms with Gasteiger partial charge < -0.3 is 5.73 Å². The van der Waals surface area contributed by atoms with E-state index in [9.17, 15) is 22.0 Å². The van der Waals surface area contributed by atoms with Crippen LogP contribution in [0.1, 0.15) is 22.3 Å². The van der Waals surface area contributed by atoms with Crippen LogP contribution >= 0.6 is 0 Å². The molecule has 0 fully saturated rings. The van der Waals surface area contributed by atoms with E-state index in [4.69, 9.17) is 5.73 Å². The predicted octanol–water partition coefficient (Wildman–Crippen LogP) is 1.22. The summed E-state index contributed by atoms with van der Waals surface area (Å²) in [6, 6.07) is 1.25. The molecule has 0 aliphatic carbocycles. The maximum Gasteiger partial charge on any atom is 0.182 e. The molecule has 0 amide bonds. The van der Waals surface area contributed by atoms with Gasteiger partial charge in [0.15, 0.2) is 17.4 Å². The highest BCUT2D eigenvalue weighted by molar-refractivity contribution is 7.90. The molecule has 19 heavy (non-hydrogen) atoms. The second kappa shape index (κ2) is 5.75. The molecule has 1 aromatic rings. The Bertz CT molecular complexity index is 599. The van der Waals surface area contributed by atoms with Gasteiger partial charge in [-0.1, -0.05) is 6.07 Å². The van der Waals surface area contributed by atoms with Gasteiger partial charge in [0.1, 0.15) is 9.84 Å². The molecule has 7 heteroatoms. The van der Waals surface area contributed by atoms with E-state index in [0.29, 0.717) is 0 Å². The standard InChI is InChI=1S/C12H15F2NO3S/c1-7-3-4-8(11(14)10(7)13)12(16)9(15)5-6-19(2,17)18/h3-4,9H,5-6,15H2,1-2H3. The van der Waals surface area contributed by atoms with Crippen molar-refractivity contribution in [1.82, 2.24) is 0 Å². The van der Waals surface area contributed by atoms with Crippen LogP contribution in [0.25, 0.3) is 0 Å². The maximum absolute atomic E-state index is 13.6. The van der Waals surface area contributed by atoms with Crippen LogP contribution in [0.15, 0.2) is 12.1 Å². The van der Waals surface area contributed by atoms with Crippen molar-refractivity contribution < 1.29 is 22.0 Å². The molecule has 0 aliphatic heterocycles. The molecule has 106 valence electrons. The van der Waals surface area contributed by atoms with Crippen molar-refractivity contribution >= 4 is 15.6 Å². The zero-order valence-electron chi connectivity index (χ0n) is 10.6. The van der Waals surface area contributed by atoms with Gasteiger partial charge in [-0.15, -0.1) is 0 Å². The normalized spacial score (nSPS) is 13.3. The second-order valence-corrected chi connectivity index (χ2v) is 6.71. The van der Waals surface area contributed by atoms with Gasteiger partial charge >= 0.3 is 0 Å². The summed E-state index contributed by atoms with van der Waals surface area (Å²) in [5.41, 5.74) is 5.14. The molecule has 0 aromatic heterocycles. The first-order valence-electron chi connectivity index (χ1n) is 5.55. The lowest BCUT2D eigenvalue weighted by Gasteiger charge is -2.11. The number of halogens is 2. The van der Waals surface area contributed by atoms with Crippen molar-refractivity contribution in [3.63, 3.8) is 0 Å². The van der Waals surface area contributed by atoms with Crippen LogP contribution in [0.2, 0.25) is 0 Å². The summed E-state index contributed by atoms with van der Waals surface area (Å²) in [5.74, 6) is -3.43. The fourth-order valence-electron chi connectivity index (χ4n) is 1.51. The summed E-state index contributed by atoms with van der Waals surface area (Å²) < 4.78 is 48.8. The Labute approximate surface area is 110 Å². The van der Waals surface area contributed by atoms with Crippen LogP contribution in [0.5, 0.6) is 0 Å². The lowest BCUT2D eigenvalue weighted by atomic mass is 10.0. The molecule has 0 bridgehead atoms. The van der Waals surface area contributed by atoms with Gasteiger partial charge in [-0.05, 0) is 25.0 Å². The van der Waals surface area contributed by atoms with E-state index in [0.717, 1.165) is 12.3 Å². The minimum absolute atomic E-state index is 0.0822. The van der Waals surface area contributed by atoms with Gasteiger partial charge in [0.05, 0.1) is 17.4 Å². The fourth-order valence-corrected chi connectivity index (χ4v) is 2.19. The van der Waals surface area contributed by atoms with Gasteiger partial charge in [0.2, 0.25) is 0 Å². The molecular weight excluding hydrogens is 276 g/mol. The molecule has 0 aliphatic rings. The van der Waals surface area contributed by atoms with Crippen LogP contribution in [0, 0.1) is 18.6 Å². The van der Waals surface area contributed by atoms with E-state index in [1.165, 1.54) is 13.0 Å². The van der Waals surface area contributed by atoms with Gasteiger partial charge in [0.25, 0.3) is 0 Å². The van der Waals surface area contributed by atoms with Crippen LogP contribution in [0.4, 0.5) is 8.78 Å². The Morgan fingerprint density at radius 1 is 1.32 bits per heavy atom. The Hall–Kier alpha value is -1.34. The lowest BCUT2D eigenvalue weighted by molar-refractivity contribution is 0.0954. The van der Waals surface area contributed by atoms with E-state index >= 15 is 0 Å². The number of aryl methyl sites for hydroxylation is 1. The van der Waals surface area contributed by atoms with Gasteiger partial charge in [-0.2, -0.15) is 0 Å². The highest BCUT2D eigenvalue weighted by atomic mass is 32.2. The molecule has 2 N–H and O–H groups in total. The third-order valence-corrected chi connectivity index (χ3v) is 3.65. The smallest absolute Gasteiger partial charge is 0.182 e. The lowest BCUT2D eigenvalue weighted by Crippen LogP contribution is -2.33. The number of ketones is 1. The highest BCUT2D eigenvalue weighted by Gasteiger charge is 2.23. The molecule has 1 aromatic carbocycles. The van der Waals surface area contributed by atoms with E-state index in [2.05, 4.69) is 0 Å². The average molecular weight is 291 g/mol. The molecule has 1 unspecified atom stereocenters. The Morgan fingerprint density at radius 3 is 2.42 bits per heavy atom. The number of carbonyl (C=O) groups excluding carboxylic acids is 1. The molecule has 0 saturated carbocycles. The summed E-state index contributed by atoms with van der Waals surface area (Å²) in [5, 5.41) is 0. The van der Waals surface area contributed by atoms with Crippen molar-refractivity contribution in [3.8, 4) is 0 Å². The maximum atomic E-state index is 13.6. The monoisotopic (exact) mass is 291 g/mol. The third-order valence-electron chi connectivity index (χ3n) is 2.68. The molecule has 4 nitrogen and oxygen atoms in total. The molecule has 0 heterocycles. The van der Waals surface area contributed by atoms with Crippen LogP contribution < -0.4 is 5.73 Å². The third kappa shape index (κ3) is 4.07. The van der Waals surface area contributed by atoms with E-state index in [-0.39, 0.29) is 17.7 Å². The number of Topliss-reactive ketones (excluding diaryl/α,β-unsaturated/α-hetero) is 1. The Balaban J connectivity index is 2.92. The quantitative estimate of drug-likeness (QED) is 0.827. The highest BCUT2D eigenvalue weighted by Crippen LogP contribution is 2.17. The summed E-state index contributed by atoms with van der Waals surface area (Å²) in [7, 11) is -3.26. The first-order valence-corrected chi connectivity index (χ1v) is 7.61. The number of nitrogens with two attached hydrogens (primary N) is 1. The van der Waals surface area contributed by atoms with Gasteiger partial charge in [-0.25, -0.2) is 17.2 Å². The second-order valence-electron chi connectivity index (χ2n) is 4.45. The summed E-state index contributed by atoms with van der Waals surface area (Å²) >= 11 is 0. The van der Waals surface area contributed by atoms with E-state index in [1.807, 2.05) is 0 Å².